The van der Waals surface area contributed by atoms with E-state index in [9.17, 15) is 0 Å². The number of aromatic nitrogens is 2. The van der Waals surface area contributed by atoms with Crippen LogP contribution in [0.5, 0.6) is 5.75 Å². The van der Waals surface area contributed by atoms with E-state index in [1.54, 1.807) is 7.11 Å². The Morgan fingerprint density at radius 3 is 2.38 bits per heavy atom. The minimum atomic E-state index is 0.472. The Balaban J connectivity index is 2.28. The highest BCUT2D eigenvalue weighted by Crippen LogP contribution is 2.23. The Morgan fingerprint density at radius 1 is 1.19 bits per heavy atom. The summed E-state index contributed by atoms with van der Waals surface area (Å²) in [4.78, 5) is 0. The van der Waals surface area contributed by atoms with E-state index >= 15 is 0 Å². The first-order chi connectivity index (χ1) is 7.70. The number of aromatic amines is 1. The SMILES string of the molecule is COc1ccc(-c2cc(C(C)C)[nH]n2)cc1. The van der Waals surface area contributed by atoms with Crippen molar-refractivity contribution < 1.29 is 4.74 Å². The summed E-state index contributed by atoms with van der Waals surface area (Å²) in [5, 5.41) is 7.35. The molecule has 3 nitrogen and oxygen atoms in total. The number of hydrogen-bond acceptors (Lipinski definition) is 2. The maximum Gasteiger partial charge on any atom is 0.118 e. The lowest BCUT2D eigenvalue weighted by Gasteiger charge is -2.00. The second kappa shape index (κ2) is 4.39. The van der Waals surface area contributed by atoms with Crippen molar-refractivity contribution in [2.75, 3.05) is 7.11 Å². The predicted molar refractivity (Wildman–Crippen MR) is 64.7 cm³/mol. The zero-order chi connectivity index (χ0) is 11.5. The van der Waals surface area contributed by atoms with E-state index in [4.69, 9.17) is 4.74 Å². The Hall–Kier alpha value is -1.77. The van der Waals surface area contributed by atoms with Crippen LogP contribution in [0.25, 0.3) is 11.3 Å². The number of hydrogen-bond donors (Lipinski definition) is 1. The lowest BCUT2D eigenvalue weighted by Crippen LogP contribution is -1.85. The number of benzene rings is 1. The van der Waals surface area contributed by atoms with Gasteiger partial charge in [-0.3, -0.25) is 5.10 Å². The minimum Gasteiger partial charge on any atom is -0.497 e. The zero-order valence-electron chi connectivity index (χ0n) is 9.82. The van der Waals surface area contributed by atoms with Crippen molar-refractivity contribution in [3.8, 4) is 17.0 Å². The fourth-order valence-electron chi connectivity index (χ4n) is 1.54. The second-order valence-corrected chi connectivity index (χ2v) is 4.09. The van der Waals surface area contributed by atoms with Crippen LogP contribution in [-0.4, -0.2) is 17.3 Å². The van der Waals surface area contributed by atoms with E-state index in [0.717, 1.165) is 22.7 Å². The molecule has 0 unspecified atom stereocenters. The molecule has 0 aliphatic heterocycles. The Morgan fingerprint density at radius 2 is 1.88 bits per heavy atom. The number of rotatable bonds is 3. The highest BCUT2D eigenvalue weighted by molar-refractivity contribution is 5.60. The summed E-state index contributed by atoms with van der Waals surface area (Å²) in [7, 11) is 1.67. The Labute approximate surface area is 95.5 Å². The van der Waals surface area contributed by atoms with E-state index in [1.807, 2.05) is 24.3 Å². The maximum absolute atomic E-state index is 5.12. The van der Waals surface area contributed by atoms with Gasteiger partial charge >= 0.3 is 0 Å². The summed E-state index contributed by atoms with van der Waals surface area (Å²) in [6.07, 6.45) is 0. The van der Waals surface area contributed by atoms with E-state index in [-0.39, 0.29) is 0 Å². The van der Waals surface area contributed by atoms with E-state index in [2.05, 4.69) is 30.1 Å². The summed E-state index contributed by atoms with van der Waals surface area (Å²) in [6, 6.07) is 10.0. The molecule has 84 valence electrons. The Kier molecular flexibility index (Phi) is 2.95. The molecule has 0 amide bonds. The van der Waals surface area contributed by atoms with E-state index < -0.39 is 0 Å². The largest absolute Gasteiger partial charge is 0.497 e. The smallest absolute Gasteiger partial charge is 0.118 e. The number of H-pyrrole nitrogens is 1. The fourth-order valence-corrected chi connectivity index (χ4v) is 1.54. The molecule has 1 N–H and O–H groups in total. The lowest BCUT2D eigenvalue weighted by atomic mass is 10.1. The average molecular weight is 216 g/mol. The molecule has 1 aromatic heterocycles. The molecule has 0 aliphatic carbocycles. The molecule has 1 heterocycles. The van der Waals surface area contributed by atoms with Crippen LogP contribution >= 0.6 is 0 Å². The third-order valence-electron chi connectivity index (χ3n) is 2.61. The van der Waals surface area contributed by atoms with Crippen molar-refractivity contribution >= 4 is 0 Å². The van der Waals surface area contributed by atoms with Gasteiger partial charge in [-0.15, -0.1) is 0 Å². The number of ether oxygens (including phenoxy) is 1. The molecular weight excluding hydrogens is 200 g/mol. The molecule has 0 aliphatic rings. The number of methoxy groups -OCH3 is 1. The average Bonchev–Trinajstić information content (AvgIpc) is 2.78. The summed E-state index contributed by atoms with van der Waals surface area (Å²) in [5.74, 6) is 1.34. The molecule has 0 atom stereocenters. The molecule has 2 aromatic rings. The maximum atomic E-state index is 5.12. The Bertz CT molecular complexity index is 457. The van der Waals surface area contributed by atoms with Gasteiger partial charge in [-0.25, -0.2) is 0 Å². The summed E-state index contributed by atoms with van der Waals surface area (Å²) < 4.78 is 5.12. The lowest BCUT2D eigenvalue weighted by molar-refractivity contribution is 0.415. The van der Waals surface area contributed by atoms with Gasteiger partial charge in [0.15, 0.2) is 0 Å². The van der Waals surface area contributed by atoms with Crippen LogP contribution in [0, 0.1) is 0 Å². The normalized spacial score (nSPS) is 10.8. The van der Waals surface area contributed by atoms with Gasteiger partial charge in [0.1, 0.15) is 5.75 Å². The van der Waals surface area contributed by atoms with Crippen LogP contribution < -0.4 is 4.74 Å². The first-order valence-corrected chi connectivity index (χ1v) is 5.40. The molecule has 0 bridgehead atoms. The van der Waals surface area contributed by atoms with Gasteiger partial charge in [0.25, 0.3) is 0 Å². The number of nitrogens with zero attached hydrogens (tertiary/aromatic N) is 1. The van der Waals surface area contributed by atoms with Gasteiger partial charge < -0.3 is 4.74 Å². The molecule has 3 heteroatoms. The van der Waals surface area contributed by atoms with Crippen LogP contribution in [0.4, 0.5) is 0 Å². The second-order valence-electron chi connectivity index (χ2n) is 4.09. The summed E-state index contributed by atoms with van der Waals surface area (Å²) >= 11 is 0. The standard InChI is InChI=1S/C13H16N2O/c1-9(2)12-8-13(15-14-12)10-4-6-11(16-3)7-5-10/h4-9H,1-3H3,(H,14,15). The molecule has 0 spiro atoms. The van der Waals surface area contributed by atoms with Gasteiger partial charge in [0, 0.05) is 11.3 Å². The summed E-state index contributed by atoms with van der Waals surface area (Å²) in [6.45, 7) is 4.29. The van der Waals surface area contributed by atoms with Gasteiger partial charge in [-0.05, 0) is 36.2 Å². The monoisotopic (exact) mass is 216 g/mol. The van der Waals surface area contributed by atoms with Gasteiger partial charge in [0.05, 0.1) is 12.8 Å². The van der Waals surface area contributed by atoms with E-state index in [0.29, 0.717) is 5.92 Å². The molecule has 0 fully saturated rings. The quantitative estimate of drug-likeness (QED) is 0.855. The molecule has 16 heavy (non-hydrogen) atoms. The highest BCUT2D eigenvalue weighted by atomic mass is 16.5. The molecule has 2 rings (SSSR count). The van der Waals surface area contributed by atoms with Crippen molar-refractivity contribution in [1.82, 2.24) is 10.2 Å². The zero-order valence-corrected chi connectivity index (χ0v) is 9.82. The minimum absolute atomic E-state index is 0.472. The summed E-state index contributed by atoms with van der Waals surface area (Å²) in [5.41, 5.74) is 3.24. The van der Waals surface area contributed by atoms with Crippen molar-refractivity contribution in [3.63, 3.8) is 0 Å². The van der Waals surface area contributed by atoms with Crippen LogP contribution in [0.1, 0.15) is 25.5 Å². The van der Waals surface area contributed by atoms with Crippen LogP contribution in [0.3, 0.4) is 0 Å². The first-order valence-electron chi connectivity index (χ1n) is 5.40. The molecule has 0 saturated heterocycles. The van der Waals surface area contributed by atoms with E-state index in [1.165, 1.54) is 0 Å². The first kappa shape index (κ1) is 10.7. The highest BCUT2D eigenvalue weighted by Gasteiger charge is 2.06. The predicted octanol–water partition coefficient (Wildman–Crippen LogP) is 3.21. The van der Waals surface area contributed by atoms with Gasteiger partial charge in [-0.2, -0.15) is 5.10 Å². The molecule has 0 saturated carbocycles. The molecule has 0 radical (unpaired) electrons. The molecular formula is C13H16N2O. The van der Waals surface area contributed by atoms with Crippen molar-refractivity contribution in [2.45, 2.75) is 19.8 Å². The third-order valence-corrected chi connectivity index (χ3v) is 2.61. The van der Waals surface area contributed by atoms with Crippen LogP contribution in [-0.2, 0) is 0 Å². The fraction of sp³-hybridized carbons (Fsp3) is 0.308. The number of nitrogens with one attached hydrogen (secondary N) is 1. The van der Waals surface area contributed by atoms with Crippen molar-refractivity contribution in [1.29, 1.82) is 0 Å². The van der Waals surface area contributed by atoms with Gasteiger partial charge in [0.2, 0.25) is 0 Å². The van der Waals surface area contributed by atoms with Crippen molar-refractivity contribution in [2.24, 2.45) is 0 Å². The van der Waals surface area contributed by atoms with Gasteiger partial charge in [-0.1, -0.05) is 13.8 Å². The van der Waals surface area contributed by atoms with Crippen LogP contribution in [0.2, 0.25) is 0 Å². The molecule has 1 aromatic carbocycles. The third kappa shape index (κ3) is 2.08. The van der Waals surface area contributed by atoms with Crippen LogP contribution in [0.15, 0.2) is 30.3 Å². The van der Waals surface area contributed by atoms with Crippen molar-refractivity contribution in [3.05, 3.63) is 36.0 Å². The topological polar surface area (TPSA) is 37.9 Å².